The van der Waals surface area contributed by atoms with Crippen molar-refractivity contribution in [1.82, 2.24) is 4.90 Å². The van der Waals surface area contributed by atoms with Gasteiger partial charge in [0, 0.05) is 43.1 Å². The van der Waals surface area contributed by atoms with Crippen LogP contribution in [0.4, 0.5) is 11.4 Å². The van der Waals surface area contributed by atoms with E-state index in [1.54, 1.807) is 52.0 Å². The molecule has 0 saturated carbocycles. The normalized spacial score (nSPS) is 21.8. The number of amides is 3. The smallest absolute Gasteiger partial charge is 0.264 e. The molecule has 240 valence electrons. The second-order valence-electron chi connectivity index (χ2n) is 12.5. The molecule has 0 bridgehead atoms. The van der Waals surface area contributed by atoms with Crippen LogP contribution in [0.15, 0.2) is 78.9 Å². The van der Waals surface area contributed by atoms with E-state index in [0.29, 0.717) is 42.9 Å². The zero-order chi connectivity index (χ0) is 32.4. The first-order valence-corrected chi connectivity index (χ1v) is 16.0. The number of piperidine rings is 1. The van der Waals surface area contributed by atoms with Crippen molar-refractivity contribution in [2.24, 2.45) is 5.92 Å². The molecule has 0 aromatic heterocycles. The van der Waals surface area contributed by atoms with Crippen molar-refractivity contribution in [3.05, 3.63) is 101 Å². The second-order valence-corrected chi connectivity index (χ2v) is 12.5. The quantitative estimate of drug-likeness (QED) is 0.341. The van der Waals surface area contributed by atoms with Crippen molar-refractivity contribution in [2.75, 3.05) is 30.1 Å². The Balaban J connectivity index is 1.22. The van der Waals surface area contributed by atoms with E-state index < -0.39 is 17.4 Å². The standard InChI is InChI=1S/C37H41N3O6/c1-25(9-7-15-35(43)39-23-28-12-4-3-11-27(28)20-30(39)24-41)37(45)32-21-31(46-2)16-17-33(32)40(36(37)44)22-26-10-8-13-29(19-26)38-18-6-5-14-34(38)42/h3-4,7-13,16-17,19,21,25,30,41,45H,5-6,14-15,18,20,22-24H2,1-2H3/b9-7+/t25-,30-,37+/m0/s1. The molecule has 1 fully saturated rings. The lowest BCUT2D eigenvalue weighted by Crippen LogP contribution is -2.46. The van der Waals surface area contributed by atoms with Crippen LogP contribution in [-0.4, -0.2) is 59.1 Å². The highest BCUT2D eigenvalue weighted by Crippen LogP contribution is 2.47. The average Bonchev–Trinajstić information content (AvgIpc) is 3.29. The zero-order valence-corrected chi connectivity index (χ0v) is 26.4. The predicted octanol–water partition coefficient (Wildman–Crippen LogP) is 4.47. The Labute approximate surface area is 269 Å². The van der Waals surface area contributed by atoms with Gasteiger partial charge in [-0.25, -0.2) is 0 Å². The molecule has 6 rings (SSSR count). The van der Waals surface area contributed by atoms with Gasteiger partial charge in [-0.2, -0.15) is 0 Å². The number of nitrogens with zero attached hydrogens (tertiary/aromatic N) is 3. The maximum Gasteiger partial charge on any atom is 0.264 e. The molecule has 3 amide bonds. The molecule has 9 heteroatoms. The highest BCUT2D eigenvalue weighted by Gasteiger charge is 2.52. The first-order chi connectivity index (χ1) is 22.2. The number of aliphatic hydroxyl groups excluding tert-OH is 1. The molecule has 3 aliphatic rings. The van der Waals surface area contributed by atoms with Gasteiger partial charge in [-0.3, -0.25) is 14.4 Å². The van der Waals surface area contributed by atoms with Gasteiger partial charge in [0.15, 0.2) is 5.60 Å². The number of rotatable bonds is 9. The van der Waals surface area contributed by atoms with Gasteiger partial charge in [0.25, 0.3) is 5.91 Å². The molecule has 3 heterocycles. The van der Waals surface area contributed by atoms with Crippen molar-refractivity contribution < 1.29 is 29.3 Å². The number of carbonyl (C=O) groups is 3. The number of methoxy groups -OCH3 is 1. The van der Waals surface area contributed by atoms with Crippen molar-refractivity contribution in [2.45, 2.75) is 63.8 Å². The van der Waals surface area contributed by atoms with Crippen LogP contribution < -0.4 is 14.5 Å². The fraction of sp³-hybridized carbons (Fsp3) is 0.378. The van der Waals surface area contributed by atoms with Crippen LogP contribution in [-0.2, 0) is 39.5 Å². The van der Waals surface area contributed by atoms with Crippen molar-refractivity contribution >= 4 is 29.1 Å². The number of aliphatic hydroxyl groups is 2. The molecule has 0 unspecified atom stereocenters. The van der Waals surface area contributed by atoms with E-state index >= 15 is 0 Å². The molecule has 3 aliphatic heterocycles. The van der Waals surface area contributed by atoms with Gasteiger partial charge >= 0.3 is 0 Å². The lowest BCUT2D eigenvalue weighted by atomic mass is 9.82. The van der Waals surface area contributed by atoms with Gasteiger partial charge in [0.05, 0.1) is 32.0 Å². The Morgan fingerprint density at radius 1 is 1.07 bits per heavy atom. The molecule has 46 heavy (non-hydrogen) atoms. The number of benzene rings is 3. The van der Waals surface area contributed by atoms with Crippen molar-refractivity contribution in [1.29, 1.82) is 0 Å². The fourth-order valence-electron chi connectivity index (χ4n) is 6.97. The highest BCUT2D eigenvalue weighted by molar-refractivity contribution is 6.07. The minimum absolute atomic E-state index is 0.0734. The Hall–Kier alpha value is -4.47. The van der Waals surface area contributed by atoms with E-state index in [9.17, 15) is 24.6 Å². The van der Waals surface area contributed by atoms with Gasteiger partial charge < -0.3 is 29.6 Å². The van der Waals surface area contributed by atoms with Gasteiger partial charge in [-0.15, -0.1) is 0 Å². The minimum atomic E-state index is -1.89. The van der Waals surface area contributed by atoms with E-state index in [-0.39, 0.29) is 37.4 Å². The Bertz CT molecular complexity index is 1670. The van der Waals surface area contributed by atoms with Gasteiger partial charge in [0.2, 0.25) is 11.8 Å². The number of hydrogen-bond donors (Lipinski definition) is 2. The molecule has 3 aromatic rings. The van der Waals surface area contributed by atoms with Crippen LogP contribution in [0.1, 0.15) is 54.9 Å². The van der Waals surface area contributed by atoms with E-state index in [4.69, 9.17) is 4.74 Å². The first-order valence-electron chi connectivity index (χ1n) is 16.0. The number of anilines is 2. The van der Waals surface area contributed by atoms with E-state index in [2.05, 4.69) is 0 Å². The van der Waals surface area contributed by atoms with E-state index in [0.717, 1.165) is 35.2 Å². The van der Waals surface area contributed by atoms with Crippen molar-refractivity contribution in [3.63, 3.8) is 0 Å². The largest absolute Gasteiger partial charge is 0.497 e. The number of hydrogen-bond acceptors (Lipinski definition) is 6. The summed E-state index contributed by atoms with van der Waals surface area (Å²) in [5, 5.41) is 22.2. The lowest BCUT2D eigenvalue weighted by Gasteiger charge is -2.36. The lowest BCUT2D eigenvalue weighted by molar-refractivity contribution is -0.139. The third-order valence-electron chi connectivity index (χ3n) is 9.63. The van der Waals surface area contributed by atoms with E-state index in [1.165, 1.54) is 7.11 Å². The summed E-state index contributed by atoms with van der Waals surface area (Å²) >= 11 is 0. The molecule has 3 aromatic carbocycles. The van der Waals surface area contributed by atoms with Crippen LogP contribution in [0.3, 0.4) is 0 Å². The SMILES string of the molecule is COc1ccc2c(c1)[C@](O)([C@@H](C)/C=C/CC(=O)N1Cc3ccccc3C[C@H]1CO)C(=O)N2Cc1cccc(N2CCCCC2=O)c1. The summed E-state index contributed by atoms with van der Waals surface area (Å²) in [4.78, 5) is 45.1. The second kappa shape index (κ2) is 13.1. The summed E-state index contributed by atoms with van der Waals surface area (Å²) in [6.45, 7) is 2.96. The van der Waals surface area contributed by atoms with Gasteiger partial charge in [-0.1, -0.05) is 55.5 Å². The zero-order valence-electron chi connectivity index (χ0n) is 26.4. The molecule has 1 saturated heterocycles. The average molecular weight is 624 g/mol. The Morgan fingerprint density at radius 2 is 1.87 bits per heavy atom. The summed E-state index contributed by atoms with van der Waals surface area (Å²) in [5.74, 6) is -0.645. The molecule has 0 radical (unpaired) electrons. The molecule has 3 atom stereocenters. The molecule has 2 N–H and O–H groups in total. The monoisotopic (exact) mass is 623 g/mol. The van der Waals surface area contributed by atoms with Crippen LogP contribution in [0.25, 0.3) is 0 Å². The predicted molar refractivity (Wildman–Crippen MR) is 175 cm³/mol. The summed E-state index contributed by atoms with van der Waals surface area (Å²) in [5.41, 5.74) is 3.00. The maximum atomic E-state index is 14.1. The van der Waals surface area contributed by atoms with Crippen LogP contribution in [0.5, 0.6) is 5.75 Å². The molecule has 9 nitrogen and oxygen atoms in total. The first kappa shape index (κ1) is 31.5. The van der Waals surface area contributed by atoms with Gasteiger partial charge in [0.1, 0.15) is 5.75 Å². The maximum absolute atomic E-state index is 14.1. The Morgan fingerprint density at radius 3 is 2.63 bits per heavy atom. The number of fused-ring (bicyclic) bond motifs is 2. The molecular weight excluding hydrogens is 582 g/mol. The Kier molecular flexibility index (Phi) is 8.97. The van der Waals surface area contributed by atoms with E-state index in [1.807, 2.05) is 48.5 Å². The minimum Gasteiger partial charge on any atom is -0.497 e. The highest BCUT2D eigenvalue weighted by atomic mass is 16.5. The number of carbonyl (C=O) groups excluding carboxylic acids is 3. The van der Waals surface area contributed by atoms with Gasteiger partial charge in [-0.05, 0) is 66.3 Å². The number of ether oxygens (including phenoxy) is 1. The third-order valence-corrected chi connectivity index (χ3v) is 9.63. The summed E-state index contributed by atoms with van der Waals surface area (Å²) in [6, 6.07) is 20.5. The van der Waals surface area contributed by atoms with Crippen LogP contribution in [0.2, 0.25) is 0 Å². The fourth-order valence-corrected chi connectivity index (χ4v) is 6.97. The van der Waals surface area contributed by atoms with Crippen molar-refractivity contribution in [3.8, 4) is 5.75 Å². The summed E-state index contributed by atoms with van der Waals surface area (Å²) in [6.07, 6.45) is 6.47. The molecule has 0 spiro atoms. The topological polar surface area (TPSA) is 111 Å². The molecule has 0 aliphatic carbocycles. The van der Waals surface area contributed by atoms with Crippen LogP contribution >= 0.6 is 0 Å². The van der Waals surface area contributed by atoms with Crippen LogP contribution in [0, 0.1) is 5.92 Å². The third kappa shape index (κ3) is 5.81. The summed E-state index contributed by atoms with van der Waals surface area (Å²) in [7, 11) is 1.54. The summed E-state index contributed by atoms with van der Waals surface area (Å²) < 4.78 is 5.45. The molecular formula is C37H41N3O6.